The Balaban J connectivity index is 2.79. The van der Waals surface area contributed by atoms with Gasteiger partial charge in [-0.1, -0.05) is 15.9 Å². The molecular formula is C8H8BrNO. The molecule has 0 aliphatic rings. The van der Waals surface area contributed by atoms with Crippen molar-refractivity contribution < 1.29 is 4.79 Å². The van der Waals surface area contributed by atoms with Crippen molar-refractivity contribution >= 4 is 21.7 Å². The van der Waals surface area contributed by atoms with Crippen LogP contribution in [0.2, 0.25) is 0 Å². The highest BCUT2D eigenvalue weighted by Gasteiger charge is 1.98. The quantitative estimate of drug-likeness (QED) is 0.753. The van der Waals surface area contributed by atoms with Crippen LogP contribution in [0.3, 0.4) is 0 Å². The molecule has 1 aromatic rings. The Labute approximate surface area is 73.8 Å². The van der Waals surface area contributed by atoms with Gasteiger partial charge in [0.25, 0.3) is 0 Å². The maximum atomic E-state index is 10.7. The van der Waals surface area contributed by atoms with Crippen LogP contribution in [-0.2, 0) is 11.2 Å². The first-order chi connectivity index (χ1) is 5.18. The maximum Gasteiger partial charge on any atom is 0.135 e. The lowest BCUT2D eigenvalue weighted by molar-refractivity contribution is -0.116. The maximum absolute atomic E-state index is 10.7. The molecule has 3 heteroatoms. The van der Waals surface area contributed by atoms with E-state index in [-0.39, 0.29) is 5.78 Å². The zero-order chi connectivity index (χ0) is 8.27. The highest BCUT2D eigenvalue weighted by atomic mass is 79.9. The summed E-state index contributed by atoms with van der Waals surface area (Å²) in [5, 5.41) is 0. The third kappa shape index (κ3) is 2.80. The Bertz CT molecular complexity index is 273. The molecule has 0 aromatic carbocycles. The lowest BCUT2D eigenvalue weighted by Crippen LogP contribution is -1.98. The Morgan fingerprint density at radius 3 is 3.00 bits per heavy atom. The minimum Gasteiger partial charge on any atom is -0.300 e. The molecule has 0 fully saturated rings. The minimum atomic E-state index is 0.135. The molecule has 0 atom stereocenters. The van der Waals surface area contributed by atoms with Crippen molar-refractivity contribution in [2.24, 2.45) is 0 Å². The molecule has 58 valence electrons. The zero-order valence-corrected chi connectivity index (χ0v) is 7.76. The average molecular weight is 214 g/mol. The summed E-state index contributed by atoms with van der Waals surface area (Å²) in [5.74, 6) is 0.135. The molecule has 0 aliphatic heterocycles. The fraction of sp³-hybridized carbons (Fsp3) is 0.250. The molecular weight excluding hydrogens is 206 g/mol. The first-order valence-electron chi connectivity index (χ1n) is 3.28. The van der Waals surface area contributed by atoms with E-state index in [1.165, 1.54) is 0 Å². The van der Waals surface area contributed by atoms with Gasteiger partial charge < -0.3 is 0 Å². The number of hydrogen-bond acceptors (Lipinski definition) is 2. The van der Waals surface area contributed by atoms with Gasteiger partial charge in [0.05, 0.1) is 0 Å². The molecule has 2 nitrogen and oxygen atoms in total. The Hall–Kier alpha value is -0.700. The van der Waals surface area contributed by atoms with Crippen LogP contribution in [0.25, 0.3) is 0 Å². The van der Waals surface area contributed by atoms with E-state index in [1.807, 2.05) is 12.1 Å². The Morgan fingerprint density at radius 1 is 1.73 bits per heavy atom. The van der Waals surface area contributed by atoms with Crippen LogP contribution in [0.15, 0.2) is 22.8 Å². The SMILES string of the molecule is CC(=O)Cc1cc(Br)ccn1. The van der Waals surface area contributed by atoms with Crippen LogP contribution >= 0.6 is 15.9 Å². The summed E-state index contributed by atoms with van der Waals surface area (Å²) in [4.78, 5) is 14.7. The van der Waals surface area contributed by atoms with E-state index in [1.54, 1.807) is 13.1 Å². The largest absolute Gasteiger partial charge is 0.300 e. The monoisotopic (exact) mass is 213 g/mol. The third-order valence-electron chi connectivity index (χ3n) is 1.21. The number of hydrogen-bond donors (Lipinski definition) is 0. The summed E-state index contributed by atoms with van der Waals surface area (Å²) in [6.07, 6.45) is 2.10. The van der Waals surface area contributed by atoms with E-state index in [0.29, 0.717) is 6.42 Å². The first-order valence-corrected chi connectivity index (χ1v) is 4.07. The van der Waals surface area contributed by atoms with E-state index >= 15 is 0 Å². The van der Waals surface area contributed by atoms with Crippen LogP contribution in [0.4, 0.5) is 0 Å². The van der Waals surface area contributed by atoms with Gasteiger partial charge in [0.1, 0.15) is 5.78 Å². The molecule has 11 heavy (non-hydrogen) atoms. The number of aromatic nitrogens is 1. The van der Waals surface area contributed by atoms with Crippen molar-refractivity contribution in [3.63, 3.8) is 0 Å². The second-order valence-electron chi connectivity index (χ2n) is 2.34. The number of ketones is 1. The molecule has 0 amide bonds. The van der Waals surface area contributed by atoms with Gasteiger partial charge in [-0.25, -0.2) is 0 Å². The van der Waals surface area contributed by atoms with Crippen molar-refractivity contribution in [2.45, 2.75) is 13.3 Å². The molecule has 0 saturated heterocycles. The standard InChI is InChI=1S/C8H8BrNO/c1-6(11)4-8-5-7(9)2-3-10-8/h2-3,5H,4H2,1H3. The number of halogens is 1. The van der Waals surface area contributed by atoms with Gasteiger partial charge in [0.15, 0.2) is 0 Å². The average Bonchev–Trinajstić information content (AvgIpc) is 1.85. The van der Waals surface area contributed by atoms with Gasteiger partial charge in [-0.3, -0.25) is 9.78 Å². The van der Waals surface area contributed by atoms with Gasteiger partial charge in [0, 0.05) is 22.8 Å². The molecule has 0 radical (unpaired) electrons. The van der Waals surface area contributed by atoms with E-state index in [4.69, 9.17) is 0 Å². The van der Waals surface area contributed by atoms with Gasteiger partial charge in [-0.2, -0.15) is 0 Å². The molecule has 1 heterocycles. The highest BCUT2D eigenvalue weighted by Crippen LogP contribution is 2.09. The molecule has 0 N–H and O–H groups in total. The Kier molecular flexibility index (Phi) is 2.76. The summed E-state index contributed by atoms with van der Waals surface area (Å²) < 4.78 is 0.962. The van der Waals surface area contributed by atoms with E-state index in [0.717, 1.165) is 10.2 Å². The van der Waals surface area contributed by atoms with Gasteiger partial charge in [-0.15, -0.1) is 0 Å². The normalized spacial score (nSPS) is 9.64. The summed E-state index contributed by atoms with van der Waals surface area (Å²) in [7, 11) is 0. The van der Waals surface area contributed by atoms with Crippen LogP contribution in [0.5, 0.6) is 0 Å². The second kappa shape index (κ2) is 3.62. The molecule has 0 saturated carbocycles. The van der Waals surface area contributed by atoms with Gasteiger partial charge >= 0.3 is 0 Å². The smallest absolute Gasteiger partial charge is 0.135 e. The molecule has 0 spiro atoms. The summed E-state index contributed by atoms with van der Waals surface area (Å²) in [5.41, 5.74) is 0.812. The predicted molar refractivity (Wildman–Crippen MR) is 46.3 cm³/mol. The second-order valence-corrected chi connectivity index (χ2v) is 3.26. The highest BCUT2D eigenvalue weighted by molar-refractivity contribution is 9.10. The minimum absolute atomic E-state index is 0.135. The zero-order valence-electron chi connectivity index (χ0n) is 6.17. The number of pyridine rings is 1. The van der Waals surface area contributed by atoms with Gasteiger partial charge in [-0.05, 0) is 19.1 Å². The predicted octanol–water partition coefficient (Wildman–Crippen LogP) is 1.98. The number of carbonyl (C=O) groups is 1. The fourth-order valence-electron chi connectivity index (χ4n) is 0.800. The summed E-state index contributed by atoms with van der Waals surface area (Å²) >= 11 is 3.30. The molecule has 0 aliphatic carbocycles. The fourth-order valence-corrected chi connectivity index (χ4v) is 1.18. The van der Waals surface area contributed by atoms with Crippen molar-refractivity contribution in [2.75, 3.05) is 0 Å². The summed E-state index contributed by atoms with van der Waals surface area (Å²) in [6.45, 7) is 1.56. The van der Waals surface area contributed by atoms with Crippen molar-refractivity contribution in [1.82, 2.24) is 4.98 Å². The lowest BCUT2D eigenvalue weighted by atomic mass is 10.2. The van der Waals surface area contributed by atoms with Crippen LogP contribution in [0.1, 0.15) is 12.6 Å². The number of carbonyl (C=O) groups excluding carboxylic acids is 1. The van der Waals surface area contributed by atoms with E-state index in [2.05, 4.69) is 20.9 Å². The molecule has 0 bridgehead atoms. The van der Waals surface area contributed by atoms with Crippen LogP contribution in [0, 0.1) is 0 Å². The van der Waals surface area contributed by atoms with Crippen molar-refractivity contribution in [1.29, 1.82) is 0 Å². The van der Waals surface area contributed by atoms with Crippen LogP contribution < -0.4 is 0 Å². The number of Topliss-reactive ketones (excluding diaryl/α,β-unsaturated/α-hetero) is 1. The van der Waals surface area contributed by atoms with Gasteiger partial charge in [0.2, 0.25) is 0 Å². The Morgan fingerprint density at radius 2 is 2.45 bits per heavy atom. The van der Waals surface area contributed by atoms with Crippen LogP contribution in [-0.4, -0.2) is 10.8 Å². The number of nitrogens with zero attached hydrogens (tertiary/aromatic N) is 1. The first kappa shape index (κ1) is 8.40. The molecule has 1 aromatic heterocycles. The number of rotatable bonds is 2. The van der Waals surface area contributed by atoms with E-state index in [9.17, 15) is 4.79 Å². The van der Waals surface area contributed by atoms with Crippen molar-refractivity contribution in [3.8, 4) is 0 Å². The lowest BCUT2D eigenvalue weighted by Gasteiger charge is -1.95. The topological polar surface area (TPSA) is 30.0 Å². The third-order valence-corrected chi connectivity index (χ3v) is 1.70. The van der Waals surface area contributed by atoms with Crippen molar-refractivity contribution in [3.05, 3.63) is 28.5 Å². The summed E-state index contributed by atoms with van der Waals surface area (Å²) in [6, 6.07) is 3.69. The molecule has 1 rings (SSSR count). The molecule has 0 unspecified atom stereocenters. The van der Waals surface area contributed by atoms with E-state index < -0.39 is 0 Å².